The van der Waals surface area contributed by atoms with Gasteiger partial charge >= 0.3 is 0 Å². The highest BCUT2D eigenvalue weighted by atomic mass is 35.5. The van der Waals surface area contributed by atoms with Gasteiger partial charge in [-0.2, -0.15) is 0 Å². The fourth-order valence-corrected chi connectivity index (χ4v) is 4.90. The van der Waals surface area contributed by atoms with Crippen molar-refractivity contribution in [1.29, 1.82) is 0 Å². The van der Waals surface area contributed by atoms with Gasteiger partial charge in [0.2, 0.25) is 0 Å². The number of anilines is 1. The SMILES string of the molecule is Cc1cc(NC(=O)c2ccccc2Cl)sc1C(=O)N1CCC[C@@H]1c1ccncc1. The number of aryl methyl sites for hydroxylation is 1. The van der Waals surface area contributed by atoms with E-state index in [4.69, 9.17) is 11.6 Å². The van der Waals surface area contributed by atoms with Crippen LogP contribution in [0, 0.1) is 6.92 Å². The molecular formula is C22H20ClN3O2S. The number of hydrogen-bond donors (Lipinski definition) is 1. The minimum atomic E-state index is -0.285. The number of carbonyl (C=O) groups excluding carboxylic acids is 2. The summed E-state index contributed by atoms with van der Waals surface area (Å²) in [7, 11) is 0. The van der Waals surface area contributed by atoms with Gasteiger partial charge in [-0.05, 0) is 61.2 Å². The molecule has 1 aromatic carbocycles. The molecule has 0 unspecified atom stereocenters. The number of thiophene rings is 1. The van der Waals surface area contributed by atoms with Crippen molar-refractivity contribution in [3.05, 3.63) is 81.4 Å². The Hall–Kier alpha value is -2.70. The van der Waals surface area contributed by atoms with Crippen LogP contribution < -0.4 is 5.32 Å². The van der Waals surface area contributed by atoms with Gasteiger partial charge < -0.3 is 10.2 Å². The Morgan fingerprint density at radius 3 is 2.72 bits per heavy atom. The van der Waals surface area contributed by atoms with E-state index in [0.29, 0.717) is 20.5 Å². The molecule has 0 aliphatic carbocycles. The zero-order valence-electron chi connectivity index (χ0n) is 15.9. The van der Waals surface area contributed by atoms with Crippen molar-refractivity contribution in [3.8, 4) is 0 Å². The summed E-state index contributed by atoms with van der Waals surface area (Å²) in [5.74, 6) is -0.281. The summed E-state index contributed by atoms with van der Waals surface area (Å²) >= 11 is 7.41. The second-order valence-electron chi connectivity index (χ2n) is 6.99. The van der Waals surface area contributed by atoms with Gasteiger partial charge in [0, 0.05) is 18.9 Å². The first kappa shape index (κ1) is 19.6. The number of benzene rings is 1. The van der Waals surface area contributed by atoms with E-state index in [1.54, 1.807) is 36.7 Å². The van der Waals surface area contributed by atoms with Crippen molar-refractivity contribution in [2.45, 2.75) is 25.8 Å². The number of halogens is 1. The van der Waals surface area contributed by atoms with E-state index in [1.807, 2.05) is 30.0 Å². The lowest BCUT2D eigenvalue weighted by molar-refractivity contribution is 0.0739. The summed E-state index contributed by atoms with van der Waals surface area (Å²) in [5.41, 5.74) is 2.37. The van der Waals surface area contributed by atoms with Crippen LogP contribution in [0.25, 0.3) is 0 Å². The molecule has 2 amide bonds. The summed E-state index contributed by atoms with van der Waals surface area (Å²) in [5, 5.41) is 3.89. The van der Waals surface area contributed by atoms with Crippen LogP contribution in [0.1, 0.15) is 50.0 Å². The van der Waals surface area contributed by atoms with Gasteiger partial charge in [0.1, 0.15) is 0 Å². The lowest BCUT2D eigenvalue weighted by Gasteiger charge is -2.24. The van der Waals surface area contributed by atoms with Crippen LogP contribution in [0.15, 0.2) is 54.9 Å². The van der Waals surface area contributed by atoms with E-state index >= 15 is 0 Å². The van der Waals surface area contributed by atoms with Gasteiger partial charge in [0.25, 0.3) is 11.8 Å². The predicted octanol–water partition coefficient (Wildman–Crippen LogP) is 5.33. The fraction of sp³-hybridized carbons (Fsp3) is 0.227. The topological polar surface area (TPSA) is 62.3 Å². The number of amides is 2. The highest BCUT2D eigenvalue weighted by molar-refractivity contribution is 7.18. The molecule has 4 rings (SSSR count). The lowest BCUT2D eigenvalue weighted by atomic mass is 10.1. The average molecular weight is 426 g/mol. The van der Waals surface area contributed by atoms with Crippen LogP contribution in [-0.4, -0.2) is 28.2 Å². The Labute approximate surface area is 178 Å². The van der Waals surface area contributed by atoms with Crippen LogP contribution in [0.3, 0.4) is 0 Å². The van der Waals surface area contributed by atoms with Crippen molar-refractivity contribution in [1.82, 2.24) is 9.88 Å². The first-order valence-electron chi connectivity index (χ1n) is 9.42. The smallest absolute Gasteiger partial charge is 0.264 e. The first-order chi connectivity index (χ1) is 14.0. The molecule has 0 spiro atoms. The van der Waals surface area contributed by atoms with Gasteiger partial charge in [-0.1, -0.05) is 23.7 Å². The maximum absolute atomic E-state index is 13.3. The number of nitrogens with one attached hydrogen (secondary N) is 1. The molecule has 1 fully saturated rings. The molecule has 7 heteroatoms. The Morgan fingerprint density at radius 2 is 1.97 bits per heavy atom. The largest absolute Gasteiger partial charge is 0.331 e. The van der Waals surface area contributed by atoms with Crippen molar-refractivity contribution >= 4 is 39.8 Å². The number of pyridine rings is 1. The van der Waals surface area contributed by atoms with Crippen LogP contribution in [0.4, 0.5) is 5.00 Å². The molecule has 3 aromatic rings. The van der Waals surface area contributed by atoms with Crippen LogP contribution in [0.5, 0.6) is 0 Å². The van der Waals surface area contributed by atoms with E-state index in [9.17, 15) is 9.59 Å². The third-order valence-corrected chi connectivity index (χ3v) is 6.54. The molecule has 1 saturated heterocycles. The van der Waals surface area contributed by atoms with E-state index < -0.39 is 0 Å². The predicted molar refractivity (Wildman–Crippen MR) is 116 cm³/mol. The second-order valence-corrected chi connectivity index (χ2v) is 8.45. The normalized spacial score (nSPS) is 16.1. The number of aromatic nitrogens is 1. The van der Waals surface area contributed by atoms with Gasteiger partial charge in [-0.25, -0.2) is 0 Å². The molecule has 3 heterocycles. The van der Waals surface area contributed by atoms with Crippen molar-refractivity contribution in [2.24, 2.45) is 0 Å². The van der Waals surface area contributed by atoms with Crippen molar-refractivity contribution < 1.29 is 9.59 Å². The maximum Gasteiger partial charge on any atom is 0.264 e. The lowest BCUT2D eigenvalue weighted by Crippen LogP contribution is -2.30. The van der Waals surface area contributed by atoms with E-state index in [-0.39, 0.29) is 17.9 Å². The monoisotopic (exact) mass is 425 g/mol. The van der Waals surface area contributed by atoms with Gasteiger partial charge in [0.05, 0.1) is 26.5 Å². The second kappa shape index (κ2) is 8.35. The Balaban J connectivity index is 1.54. The maximum atomic E-state index is 13.3. The number of hydrogen-bond acceptors (Lipinski definition) is 4. The van der Waals surface area contributed by atoms with Gasteiger partial charge in [0.15, 0.2) is 0 Å². The zero-order chi connectivity index (χ0) is 20.4. The summed E-state index contributed by atoms with van der Waals surface area (Å²) in [6.07, 6.45) is 5.43. The Morgan fingerprint density at radius 1 is 1.21 bits per heavy atom. The molecule has 1 atom stereocenters. The van der Waals surface area contributed by atoms with Gasteiger partial charge in [-0.15, -0.1) is 11.3 Å². The van der Waals surface area contributed by atoms with Crippen molar-refractivity contribution in [2.75, 3.05) is 11.9 Å². The van der Waals surface area contributed by atoms with Crippen LogP contribution >= 0.6 is 22.9 Å². The molecule has 1 aliphatic rings. The minimum absolute atomic E-state index is 0.00468. The fourth-order valence-electron chi connectivity index (χ4n) is 3.65. The van der Waals surface area contributed by atoms with Crippen molar-refractivity contribution in [3.63, 3.8) is 0 Å². The Bertz CT molecular complexity index is 1050. The Kier molecular flexibility index (Phi) is 5.65. The van der Waals surface area contributed by atoms with Gasteiger partial charge in [-0.3, -0.25) is 14.6 Å². The molecule has 0 saturated carbocycles. The van der Waals surface area contributed by atoms with E-state index in [0.717, 1.165) is 30.5 Å². The summed E-state index contributed by atoms with van der Waals surface area (Å²) in [6, 6.07) is 12.7. The molecule has 29 heavy (non-hydrogen) atoms. The molecule has 148 valence electrons. The summed E-state index contributed by atoms with van der Waals surface area (Å²) < 4.78 is 0. The van der Waals surface area contributed by atoms with Crippen LogP contribution in [0.2, 0.25) is 5.02 Å². The minimum Gasteiger partial charge on any atom is -0.331 e. The average Bonchev–Trinajstić information content (AvgIpc) is 3.35. The van der Waals surface area contributed by atoms with E-state index in [2.05, 4.69) is 10.3 Å². The molecule has 0 radical (unpaired) electrons. The number of rotatable bonds is 4. The van der Waals surface area contributed by atoms with Crippen LogP contribution in [-0.2, 0) is 0 Å². The summed E-state index contributed by atoms with van der Waals surface area (Å²) in [6.45, 7) is 2.62. The molecule has 5 nitrogen and oxygen atoms in total. The number of carbonyl (C=O) groups is 2. The van der Waals surface area contributed by atoms with E-state index in [1.165, 1.54) is 11.3 Å². The zero-order valence-corrected chi connectivity index (χ0v) is 17.5. The number of likely N-dealkylation sites (tertiary alicyclic amines) is 1. The molecule has 1 N–H and O–H groups in total. The molecule has 0 bridgehead atoms. The number of nitrogens with zero attached hydrogens (tertiary/aromatic N) is 2. The third-order valence-electron chi connectivity index (χ3n) is 5.07. The third kappa shape index (κ3) is 4.04. The molecular weight excluding hydrogens is 406 g/mol. The molecule has 1 aliphatic heterocycles. The summed E-state index contributed by atoms with van der Waals surface area (Å²) in [4.78, 5) is 32.4. The standard InChI is InChI=1S/C22H20ClN3O2S/c1-14-13-19(25-21(27)16-5-2-3-6-17(16)23)29-20(14)22(28)26-12-4-7-18(26)15-8-10-24-11-9-15/h2-3,5-6,8-11,13,18H,4,7,12H2,1H3,(H,25,27)/t18-/m1/s1. The molecule has 2 aromatic heterocycles. The first-order valence-corrected chi connectivity index (χ1v) is 10.6. The highest BCUT2D eigenvalue weighted by Crippen LogP contribution is 2.36. The quantitative estimate of drug-likeness (QED) is 0.614. The highest BCUT2D eigenvalue weighted by Gasteiger charge is 2.32.